The van der Waals surface area contributed by atoms with Gasteiger partial charge in [-0.25, -0.2) is 23.1 Å². The molecule has 0 aliphatic carbocycles. The molecule has 2 aromatic carbocycles. The largest absolute Gasteiger partial charge is 0.494 e. The molecule has 0 unspecified atom stereocenters. The summed E-state index contributed by atoms with van der Waals surface area (Å²) in [5, 5.41) is 3.36. The van der Waals surface area contributed by atoms with Crippen LogP contribution in [0.5, 0.6) is 5.75 Å². The lowest BCUT2D eigenvalue weighted by molar-refractivity contribution is -0.116. The molecule has 0 fully saturated rings. The van der Waals surface area contributed by atoms with Crippen LogP contribution in [0.15, 0.2) is 65.7 Å². The molecule has 0 saturated carbocycles. The van der Waals surface area contributed by atoms with Crippen LogP contribution < -0.4 is 14.8 Å². The smallest absolute Gasteiger partial charge is 0.264 e. The third-order valence-corrected chi connectivity index (χ3v) is 5.70. The molecule has 31 heavy (non-hydrogen) atoms. The Hall–Kier alpha value is -3.17. The van der Waals surface area contributed by atoms with Gasteiger partial charge in [0, 0.05) is 29.0 Å². The number of benzene rings is 2. The van der Waals surface area contributed by atoms with E-state index in [1.807, 2.05) is 0 Å². The van der Waals surface area contributed by atoms with Gasteiger partial charge in [-0.15, -0.1) is 0 Å². The number of hydrogen-bond acceptors (Lipinski definition) is 6. The van der Waals surface area contributed by atoms with E-state index in [1.54, 1.807) is 37.3 Å². The Balaban J connectivity index is 1.48. The number of halogens is 1. The lowest BCUT2D eigenvalue weighted by atomic mass is 10.2. The van der Waals surface area contributed by atoms with Crippen molar-refractivity contribution in [1.29, 1.82) is 0 Å². The monoisotopic (exact) mass is 460 g/mol. The second-order valence-electron chi connectivity index (χ2n) is 6.61. The molecule has 162 valence electrons. The zero-order valence-corrected chi connectivity index (χ0v) is 18.3. The first-order valence-electron chi connectivity index (χ1n) is 9.42. The number of anilines is 2. The fraction of sp³-hybridized carbons (Fsp3) is 0.190. The second kappa shape index (κ2) is 10.2. The zero-order valence-electron chi connectivity index (χ0n) is 16.7. The van der Waals surface area contributed by atoms with E-state index in [0.29, 0.717) is 35.2 Å². The number of nitrogens with one attached hydrogen (secondary N) is 2. The quantitative estimate of drug-likeness (QED) is 0.466. The first kappa shape index (κ1) is 22.5. The van der Waals surface area contributed by atoms with Crippen LogP contribution >= 0.6 is 11.6 Å². The van der Waals surface area contributed by atoms with Gasteiger partial charge in [0.2, 0.25) is 11.9 Å². The first-order chi connectivity index (χ1) is 14.8. The minimum atomic E-state index is -3.83. The number of carbonyl (C=O) groups is 1. The molecule has 10 heteroatoms. The Morgan fingerprint density at radius 1 is 1.06 bits per heavy atom. The highest BCUT2D eigenvalue weighted by atomic mass is 35.5. The first-order valence-corrected chi connectivity index (χ1v) is 11.3. The van der Waals surface area contributed by atoms with Crippen molar-refractivity contribution in [1.82, 2.24) is 9.97 Å². The van der Waals surface area contributed by atoms with Crippen LogP contribution in [0.1, 0.15) is 18.5 Å². The Labute approximate surface area is 185 Å². The summed E-state index contributed by atoms with van der Waals surface area (Å²) >= 11 is 5.82. The predicted molar refractivity (Wildman–Crippen MR) is 119 cm³/mol. The van der Waals surface area contributed by atoms with Gasteiger partial charge in [-0.1, -0.05) is 11.6 Å². The van der Waals surface area contributed by atoms with Gasteiger partial charge in [-0.2, -0.15) is 0 Å². The van der Waals surface area contributed by atoms with Crippen molar-refractivity contribution in [3.63, 3.8) is 0 Å². The summed E-state index contributed by atoms with van der Waals surface area (Å²) in [4.78, 5) is 20.0. The van der Waals surface area contributed by atoms with E-state index < -0.39 is 10.0 Å². The van der Waals surface area contributed by atoms with E-state index >= 15 is 0 Å². The van der Waals surface area contributed by atoms with E-state index in [1.165, 1.54) is 30.5 Å². The van der Waals surface area contributed by atoms with Crippen molar-refractivity contribution in [3.05, 3.63) is 71.5 Å². The number of sulfonamides is 1. The van der Waals surface area contributed by atoms with Crippen molar-refractivity contribution >= 4 is 39.2 Å². The van der Waals surface area contributed by atoms with Gasteiger partial charge in [0.15, 0.2) is 0 Å². The summed E-state index contributed by atoms with van der Waals surface area (Å²) in [6.45, 7) is 2.12. The molecule has 0 aliphatic heterocycles. The van der Waals surface area contributed by atoms with Crippen LogP contribution in [0, 0.1) is 6.92 Å². The number of rotatable bonds is 9. The highest BCUT2D eigenvalue weighted by molar-refractivity contribution is 7.92. The number of carbonyl (C=O) groups excluding carboxylic acids is 1. The number of nitrogens with zero attached hydrogens (tertiary/aromatic N) is 2. The second-order valence-corrected chi connectivity index (χ2v) is 8.72. The maximum Gasteiger partial charge on any atom is 0.264 e. The Morgan fingerprint density at radius 3 is 2.45 bits per heavy atom. The third-order valence-electron chi connectivity index (χ3n) is 4.10. The molecule has 3 rings (SSSR count). The number of aryl methyl sites for hydroxylation is 1. The van der Waals surface area contributed by atoms with Gasteiger partial charge < -0.3 is 10.1 Å². The molecular formula is C21H21ClN4O4S. The zero-order chi connectivity index (χ0) is 22.3. The number of amides is 1. The van der Waals surface area contributed by atoms with E-state index in [4.69, 9.17) is 16.3 Å². The highest BCUT2D eigenvalue weighted by Gasteiger charge is 2.16. The molecule has 0 spiro atoms. The van der Waals surface area contributed by atoms with Crippen LogP contribution in [0.3, 0.4) is 0 Å². The molecule has 3 aromatic rings. The summed E-state index contributed by atoms with van der Waals surface area (Å²) in [7, 11) is -3.83. The summed E-state index contributed by atoms with van der Waals surface area (Å²) in [6, 6.07) is 14.5. The van der Waals surface area contributed by atoms with Crippen molar-refractivity contribution in [2.24, 2.45) is 0 Å². The molecule has 0 bridgehead atoms. The van der Waals surface area contributed by atoms with Gasteiger partial charge >= 0.3 is 0 Å². The SMILES string of the molecule is Cc1ccnc(NS(=O)(=O)c2ccc(NC(=O)CCCOc3ccc(Cl)cc3)cc2)n1. The van der Waals surface area contributed by atoms with E-state index in [2.05, 4.69) is 20.0 Å². The minimum absolute atomic E-state index is 0.00167. The molecule has 1 heterocycles. The molecule has 1 amide bonds. The van der Waals surface area contributed by atoms with E-state index in [0.717, 1.165) is 0 Å². The number of hydrogen-bond donors (Lipinski definition) is 2. The van der Waals surface area contributed by atoms with Crippen LogP contribution in [0.4, 0.5) is 11.6 Å². The van der Waals surface area contributed by atoms with Gasteiger partial charge in [0.1, 0.15) is 5.75 Å². The fourth-order valence-electron chi connectivity index (χ4n) is 2.57. The average molecular weight is 461 g/mol. The lowest BCUT2D eigenvalue weighted by Gasteiger charge is -2.09. The van der Waals surface area contributed by atoms with Crippen molar-refractivity contribution in [2.75, 3.05) is 16.6 Å². The maximum atomic E-state index is 12.5. The molecule has 0 atom stereocenters. The van der Waals surface area contributed by atoms with Crippen molar-refractivity contribution in [2.45, 2.75) is 24.7 Å². The lowest BCUT2D eigenvalue weighted by Crippen LogP contribution is -2.16. The van der Waals surface area contributed by atoms with Crippen molar-refractivity contribution < 1.29 is 17.9 Å². The van der Waals surface area contributed by atoms with Crippen LogP contribution in [-0.2, 0) is 14.8 Å². The van der Waals surface area contributed by atoms with Crippen molar-refractivity contribution in [3.8, 4) is 5.75 Å². The summed E-state index contributed by atoms with van der Waals surface area (Å²) in [6.07, 6.45) is 2.26. The number of aromatic nitrogens is 2. The van der Waals surface area contributed by atoms with Gasteiger partial charge in [-0.05, 0) is 67.9 Å². The molecule has 0 radical (unpaired) electrons. The maximum absolute atomic E-state index is 12.5. The van der Waals surface area contributed by atoms with E-state index in [9.17, 15) is 13.2 Å². The molecule has 2 N–H and O–H groups in total. The molecule has 8 nitrogen and oxygen atoms in total. The predicted octanol–water partition coefficient (Wildman–Crippen LogP) is 4.04. The molecular weight excluding hydrogens is 440 g/mol. The fourth-order valence-corrected chi connectivity index (χ4v) is 3.65. The molecule has 0 saturated heterocycles. The van der Waals surface area contributed by atoms with Crippen LogP contribution in [0.25, 0.3) is 0 Å². The normalized spacial score (nSPS) is 11.0. The Kier molecular flexibility index (Phi) is 7.43. The van der Waals surface area contributed by atoms with Crippen LogP contribution in [-0.4, -0.2) is 30.9 Å². The van der Waals surface area contributed by atoms with Gasteiger partial charge in [0.25, 0.3) is 10.0 Å². The topological polar surface area (TPSA) is 110 Å². The highest BCUT2D eigenvalue weighted by Crippen LogP contribution is 2.18. The molecule has 0 aliphatic rings. The number of ether oxygens (including phenoxy) is 1. The summed E-state index contributed by atoms with van der Waals surface area (Å²) in [5.41, 5.74) is 1.14. The average Bonchev–Trinajstić information content (AvgIpc) is 2.72. The van der Waals surface area contributed by atoms with Crippen LogP contribution in [0.2, 0.25) is 5.02 Å². The summed E-state index contributed by atoms with van der Waals surface area (Å²) in [5.74, 6) is 0.492. The molecule has 1 aromatic heterocycles. The Bertz CT molecular complexity index is 1140. The van der Waals surface area contributed by atoms with Gasteiger partial charge in [-0.3, -0.25) is 4.79 Å². The van der Waals surface area contributed by atoms with Gasteiger partial charge in [0.05, 0.1) is 11.5 Å². The minimum Gasteiger partial charge on any atom is -0.494 e. The summed E-state index contributed by atoms with van der Waals surface area (Å²) < 4.78 is 32.8. The van der Waals surface area contributed by atoms with E-state index in [-0.39, 0.29) is 23.2 Å². The third kappa shape index (κ3) is 6.94. The Morgan fingerprint density at radius 2 is 1.77 bits per heavy atom. The standard InChI is InChI=1S/C21H21ClN4O4S/c1-15-12-13-23-21(24-15)26-31(28,29)19-10-6-17(7-11-19)25-20(27)3-2-14-30-18-8-4-16(22)5-9-18/h4-13H,2-3,14H2,1H3,(H,25,27)(H,23,24,26).